The zero-order chi connectivity index (χ0) is 20.3. The van der Waals surface area contributed by atoms with E-state index in [-0.39, 0.29) is 22.9 Å². The minimum atomic E-state index is -0.946. The van der Waals surface area contributed by atoms with Crippen molar-refractivity contribution in [2.45, 2.75) is 18.1 Å². The van der Waals surface area contributed by atoms with E-state index in [0.717, 1.165) is 11.8 Å². The minimum Gasteiger partial charge on any atom is -0.481 e. The van der Waals surface area contributed by atoms with Gasteiger partial charge in [-0.25, -0.2) is 9.97 Å². The molecule has 1 amide bonds. The molecule has 0 radical (unpaired) electrons. The largest absolute Gasteiger partial charge is 0.481 e. The molecular weight excluding hydrogens is 423 g/mol. The van der Waals surface area contributed by atoms with Gasteiger partial charge in [0.05, 0.1) is 5.75 Å². The van der Waals surface area contributed by atoms with Crippen molar-refractivity contribution in [2.75, 3.05) is 30.3 Å². The molecule has 2 aromatic rings. The van der Waals surface area contributed by atoms with Gasteiger partial charge in [0.1, 0.15) is 11.0 Å². The molecule has 148 valence electrons. The highest BCUT2D eigenvalue weighted by Crippen LogP contribution is 2.24. The second-order valence-electron chi connectivity index (χ2n) is 6.31. The van der Waals surface area contributed by atoms with E-state index in [1.807, 2.05) is 16.7 Å². The number of hydrogen-bond acceptors (Lipinski definition) is 6. The van der Waals surface area contributed by atoms with Crippen molar-refractivity contribution < 1.29 is 14.7 Å². The number of nitrogens with zero attached hydrogens (tertiary/aromatic N) is 4. The maximum atomic E-state index is 12.8. The summed E-state index contributed by atoms with van der Waals surface area (Å²) in [6.07, 6.45) is 0. The van der Waals surface area contributed by atoms with Crippen LogP contribution in [0.1, 0.15) is 17.3 Å². The summed E-state index contributed by atoms with van der Waals surface area (Å²) in [6, 6.07) is 8.46. The summed E-state index contributed by atoms with van der Waals surface area (Å²) < 4.78 is 0. The lowest BCUT2D eigenvalue weighted by molar-refractivity contribution is -0.133. The number of carbonyl (C=O) groups is 2. The number of aromatic nitrogens is 2. The first kappa shape index (κ1) is 20.7. The molecular formula is C18H18Cl2N4O3S. The molecule has 0 spiro atoms. The van der Waals surface area contributed by atoms with Crippen LogP contribution < -0.4 is 4.90 Å². The number of anilines is 1. The third kappa shape index (κ3) is 5.06. The Bertz CT molecular complexity index is 882. The predicted octanol–water partition coefficient (Wildman–Crippen LogP) is 3.31. The summed E-state index contributed by atoms with van der Waals surface area (Å²) in [5.74, 6) is -0.502. The molecule has 1 N–H and O–H groups in total. The Morgan fingerprint density at radius 2 is 1.93 bits per heavy atom. The van der Waals surface area contributed by atoms with Crippen LogP contribution in [0, 0.1) is 0 Å². The molecule has 1 fully saturated rings. The minimum absolute atomic E-state index is 0.0396. The molecule has 2 heterocycles. The maximum absolute atomic E-state index is 12.8. The molecule has 1 aromatic heterocycles. The van der Waals surface area contributed by atoms with Gasteiger partial charge in [-0.2, -0.15) is 0 Å². The first-order chi connectivity index (χ1) is 13.3. The van der Waals surface area contributed by atoms with Crippen LogP contribution in [0.3, 0.4) is 0 Å². The van der Waals surface area contributed by atoms with Crippen LogP contribution in [0.25, 0.3) is 0 Å². The predicted molar refractivity (Wildman–Crippen MR) is 110 cm³/mol. The van der Waals surface area contributed by atoms with E-state index in [4.69, 9.17) is 28.3 Å². The number of benzene rings is 1. The fourth-order valence-electron chi connectivity index (χ4n) is 2.96. The Hall–Kier alpha value is -2.03. The van der Waals surface area contributed by atoms with Crippen LogP contribution in [-0.4, -0.2) is 63.3 Å². The van der Waals surface area contributed by atoms with E-state index in [2.05, 4.69) is 9.97 Å². The molecule has 0 saturated carbocycles. The Balaban J connectivity index is 1.70. The first-order valence-corrected chi connectivity index (χ1v) is 10.3. The number of carboxylic acids is 1. The lowest BCUT2D eigenvalue weighted by Crippen LogP contribution is -2.54. The van der Waals surface area contributed by atoms with Crippen LogP contribution in [0.15, 0.2) is 35.5 Å². The number of aliphatic carboxylic acids is 1. The van der Waals surface area contributed by atoms with E-state index in [1.54, 1.807) is 30.3 Å². The number of halogens is 2. The number of hydrogen-bond donors (Lipinski definition) is 1. The summed E-state index contributed by atoms with van der Waals surface area (Å²) in [7, 11) is 0. The van der Waals surface area contributed by atoms with Crippen LogP contribution >= 0.6 is 35.0 Å². The molecule has 7 nitrogen and oxygen atoms in total. The fourth-order valence-corrected chi connectivity index (χ4v) is 3.89. The van der Waals surface area contributed by atoms with E-state index in [9.17, 15) is 9.59 Å². The van der Waals surface area contributed by atoms with Gasteiger partial charge in [0.25, 0.3) is 5.91 Å². The van der Waals surface area contributed by atoms with E-state index >= 15 is 0 Å². The van der Waals surface area contributed by atoms with Crippen molar-refractivity contribution in [3.63, 3.8) is 0 Å². The highest BCUT2D eigenvalue weighted by molar-refractivity contribution is 7.99. The Morgan fingerprint density at radius 1 is 1.21 bits per heavy atom. The van der Waals surface area contributed by atoms with Crippen LogP contribution in [0.5, 0.6) is 0 Å². The molecule has 1 atom stereocenters. The zero-order valence-electron chi connectivity index (χ0n) is 15.0. The number of piperazine rings is 1. The second kappa shape index (κ2) is 8.98. The normalized spacial score (nSPS) is 16.9. The van der Waals surface area contributed by atoms with Crippen molar-refractivity contribution in [3.8, 4) is 0 Å². The third-order valence-corrected chi connectivity index (χ3v) is 5.57. The summed E-state index contributed by atoms with van der Waals surface area (Å²) >= 11 is 13.0. The van der Waals surface area contributed by atoms with Crippen LogP contribution in [0.4, 0.5) is 5.82 Å². The van der Waals surface area contributed by atoms with Crippen molar-refractivity contribution in [2.24, 2.45) is 0 Å². The summed E-state index contributed by atoms with van der Waals surface area (Å²) in [4.78, 5) is 35.9. The maximum Gasteiger partial charge on any atom is 0.313 e. The molecule has 1 unspecified atom stereocenters. The van der Waals surface area contributed by atoms with Gasteiger partial charge < -0.3 is 14.9 Å². The molecule has 3 rings (SSSR count). The Labute approximate surface area is 176 Å². The summed E-state index contributed by atoms with van der Waals surface area (Å²) in [5, 5.41) is 9.98. The number of carbonyl (C=O) groups excluding carboxylic acids is 1. The van der Waals surface area contributed by atoms with Gasteiger partial charge in [-0.05, 0) is 31.2 Å². The monoisotopic (exact) mass is 440 g/mol. The molecule has 0 aliphatic carbocycles. The number of carboxylic acid groups (broad SMARTS) is 1. The molecule has 1 saturated heterocycles. The standard InChI is InChI=1S/C18H18Cl2N4O3S/c1-11-9-23(15-8-14(20)21-18(22-15)28-10-16(25)26)6-7-24(11)17(27)12-2-4-13(19)5-3-12/h2-5,8,11H,6-7,9-10H2,1H3,(H,25,26). The number of rotatable bonds is 5. The fraction of sp³-hybridized carbons (Fsp3) is 0.333. The molecule has 0 bridgehead atoms. The van der Waals surface area contributed by atoms with Crippen LogP contribution in [-0.2, 0) is 4.79 Å². The molecule has 10 heteroatoms. The third-order valence-electron chi connectivity index (χ3n) is 4.29. The van der Waals surface area contributed by atoms with Crippen molar-refractivity contribution >= 4 is 52.7 Å². The second-order valence-corrected chi connectivity index (χ2v) is 8.08. The van der Waals surface area contributed by atoms with E-state index < -0.39 is 5.97 Å². The van der Waals surface area contributed by atoms with Crippen molar-refractivity contribution in [1.82, 2.24) is 14.9 Å². The van der Waals surface area contributed by atoms with Gasteiger partial charge >= 0.3 is 5.97 Å². The highest BCUT2D eigenvalue weighted by Gasteiger charge is 2.29. The van der Waals surface area contributed by atoms with Crippen molar-refractivity contribution in [3.05, 3.63) is 46.1 Å². The Kier molecular flexibility index (Phi) is 6.64. The molecule has 1 aliphatic rings. The van der Waals surface area contributed by atoms with Gasteiger partial charge in [-0.15, -0.1) is 0 Å². The lowest BCUT2D eigenvalue weighted by Gasteiger charge is -2.40. The van der Waals surface area contributed by atoms with Crippen molar-refractivity contribution in [1.29, 1.82) is 0 Å². The van der Waals surface area contributed by atoms with Gasteiger partial charge in [0.2, 0.25) is 0 Å². The van der Waals surface area contributed by atoms with Crippen LogP contribution in [0.2, 0.25) is 10.2 Å². The molecule has 1 aromatic carbocycles. The lowest BCUT2D eigenvalue weighted by atomic mass is 10.1. The van der Waals surface area contributed by atoms with Gasteiger partial charge in [-0.3, -0.25) is 9.59 Å². The van der Waals surface area contributed by atoms with E-state index in [0.29, 0.717) is 41.2 Å². The number of amides is 1. The average Bonchev–Trinajstić information content (AvgIpc) is 2.66. The van der Waals surface area contributed by atoms with Gasteiger partial charge in [0.15, 0.2) is 5.16 Å². The SMILES string of the molecule is CC1CN(c2cc(Cl)nc(SCC(=O)O)n2)CCN1C(=O)c1ccc(Cl)cc1. The topological polar surface area (TPSA) is 86.6 Å². The van der Waals surface area contributed by atoms with Gasteiger partial charge in [-0.1, -0.05) is 35.0 Å². The first-order valence-electron chi connectivity index (χ1n) is 8.54. The molecule has 1 aliphatic heterocycles. The average molecular weight is 441 g/mol. The van der Waals surface area contributed by atoms with Gasteiger partial charge in [0, 0.05) is 42.3 Å². The number of thioether (sulfide) groups is 1. The van der Waals surface area contributed by atoms with E-state index in [1.165, 1.54) is 0 Å². The highest BCUT2D eigenvalue weighted by atomic mass is 35.5. The summed E-state index contributed by atoms with van der Waals surface area (Å²) in [5.41, 5.74) is 0.599. The molecule has 28 heavy (non-hydrogen) atoms. The quantitative estimate of drug-likeness (QED) is 0.433. The zero-order valence-corrected chi connectivity index (χ0v) is 17.3. The Morgan fingerprint density at radius 3 is 2.57 bits per heavy atom. The summed E-state index contributed by atoms with van der Waals surface area (Å²) in [6.45, 7) is 3.67. The smallest absolute Gasteiger partial charge is 0.313 e.